The summed E-state index contributed by atoms with van der Waals surface area (Å²) in [5.41, 5.74) is 2.02. The second-order valence-corrected chi connectivity index (χ2v) is 7.26. The van der Waals surface area contributed by atoms with Gasteiger partial charge in [0, 0.05) is 4.90 Å². The minimum atomic E-state index is -0.716. The molecule has 1 unspecified atom stereocenters. The van der Waals surface area contributed by atoms with Crippen molar-refractivity contribution in [3.8, 4) is 0 Å². The van der Waals surface area contributed by atoms with Crippen LogP contribution >= 0.6 is 11.8 Å². The van der Waals surface area contributed by atoms with Crippen molar-refractivity contribution >= 4 is 17.7 Å². The highest BCUT2D eigenvalue weighted by Crippen LogP contribution is 2.33. The van der Waals surface area contributed by atoms with Gasteiger partial charge < -0.3 is 5.11 Å². The van der Waals surface area contributed by atoms with Crippen molar-refractivity contribution < 1.29 is 14.3 Å². The SMILES string of the molecule is CSc1ccc(C(c2cccc(F)c2)N2CCC(C(=O)O)CC2)cc1. The minimum absolute atomic E-state index is 0.0543. The molecule has 1 N–H and O–H groups in total. The quantitative estimate of drug-likeness (QED) is 0.802. The molecule has 2 aromatic rings. The standard InChI is InChI=1S/C20H22FNO2S/c1-25-18-7-5-14(6-8-18)19(16-3-2-4-17(21)13-16)22-11-9-15(10-12-22)20(23)24/h2-8,13,15,19H,9-12H2,1H3,(H,23,24). The van der Waals surface area contributed by atoms with Gasteiger partial charge in [0.05, 0.1) is 12.0 Å². The second kappa shape index (κ2) is 8.02. The van der Waals surface area contributed by atoms with E-state index in [0.29, 0.717) is 25.9 Å². The summed E-state index contributed by atoms with van der Waals surface area (Å²) in [7, 11) is 0. The Morgan fingerprint density at radius 3 is 2.40 bits per heavy atom. The zero-order chi connectivity index (χ0) is 17.8. The van der Waals surface area contributed by atoms with Crippen molar-refractivity contribution in [2.45, 2.75) is 23.8 Å². The molecule has 3 rings (SSSR count). The number of likely N-dealkylation sites (tertiary alicyclic amines) is 1. The number of nitrogens with zero attached hydrogens (tertiary/aromatic N) is 1. The summed E-state index contributed by atoms with van der Waals surface area (Å²) in [4.78, 5) is 14.7. The van der Waals surface area contributed by atoms with Crippen LogP contribution in [0.1, 0.15) is 30.0 Å². The first kappa shape index (κ1) is 18.0. The Hall–Kier alpha value is -1.85. The number of aliphatic carboxylic acids is 1. The van der Waals surface area contributed by atoms with Crippen molar-refractivity contribution in [2.75, 3.05) is 19.3 Å². The molecule has 0 spiro atoms. The van der Waals surface area contributed by atoms with Crippen LogP contribution in [0.15, 0.2) is 53.4 Å². The minimum Gasteiger partial charge on any atom is -0.481 e. The van der Waals surface area contributed by atoms with Gasteiger partial charge in [-0.3, -0.25) is 9.69 Å². The summed E-state index contributed by atoms with van der Waals surface area (Å²) in [5.74, 6) is -1.24. The molecule has 1 atom stereocenters. The maximum atomic E-state index is 13.8. The van der Waals surface area contributed by atoms with Gasteiger partial charge >= 0.3 is 5.97 Å². The fourth-order valence-electron chi connectivity index (χ4n) is 3.48. The van der Waals surface area contributed by atoms with E-state index in [1.807, 2.05) is 12.3 Å². The lowest BCUT2D eigenvalue weighted by Gasteiger charge is -2.37. The predicted molar refractivity (Wildman–Crippen MR) is 98.4 cm³/mol. The molecule has 132 valence electrons. The van der Waals surface area contributed by atoms with Gasteiger partial charge in [-0.05, 0) is 67.6 Å². The topological polar surface area (TPSA) is 40.5 Å². The van der Waals surface area contributed by atoms with Gasteiger partial charge in [0.15, 0.2) is 0 Å². The summed E-state index contributed by atoms with van der Waals surface area (Å²) < 4.78 is 13.8. The molecule has 0 radical (unpaired) electrons. The Balaban J connectivity index is 1.90. The second-order valence-electron chi connectivity index (χ2n) is 6.38. The average Bonchev–Trinajstić information content (AvgIpc) is 2.63. The Labute approximate surface area is 151 Å². The third-order valence-corrected chi connectivity index (χ3v) is 5.58. The Bertz CT molecular complexity index is 727. The van der Waals surface area contributed by atoms with Gasteiger partial charge in [0.25, 0.3) is 0 Å². The molecule has 0 bridgehead atoms. The Kier molecular flexibility index (Phi) is 5.76. The van der Waals surface area contributed by atoms with E-state index in [1.54, 1.807) is 23.9 Å². The largest absolute Gasteiger partial charge is 0.481 e. The van der Waals surface area contributed by atoms with Crippen LogP contribution in [-0.2, 0) is 4.79 Å². The van der Waals surface area contributed by atoms with Crippen LogP contribution in [0.3, 0.4) is 0 Å². The van der Waals surface area contributed by atoms with Crippen molar-refractivity contribution in [3.05, 3.63) is 65.5 Å². The molecule has 0 amide bonds. The monoisotopic (exact) mass is 359 g/mol. The molecule has 1 aliphatic heterocycles. The highest BCUT2D eigenvalue weighted by atomic mass is 32.2. The van der Waals surface area contributed by atoms with Crippen LogP contribution in [-0.4, -0.2) is 35.3 Å². The third-order valence-electron chi connectivity index (χ3n) is 4.84. The van der Waals surface area contributed by atoms with E-state index in [1.165, 1.54) is 11.0 Å². The highest BCUT2D eigenvalue weighted by molar-refractivity contribution is 7.98. The van der Waals surface area contributed by atoms with Crippen LogP contribution in [0.5, 0.6) is 0 Å². The normalized spacial score (nSPS) is 17.4. The highest BCUT2D eigenvalue weighted by Gasteiger charge is 2.30. The molecule has 1 aliphatic rings. The number of thioether (sulfide) groups is 1. The number of carboxylic acids is 1. The van der Waals surface area contributed by atoms with Gasteiger partial charge in [0.2, 0.25) is 0 Å². The molecule has 0 saturated carbocycles. The first-order valence-corrected chi connectivity index (χ1v) is 9.67. The lowest BCUT2D eigenvalue weighted by Crippen LogP contribution is -2.39. The zero-order valence-corrected chi connectivity index (χ0v) is 15.0. The summed E-state index contributed by atoms with van der Waals surface area (Å²) in [6.45, 7) is 1.39. The van der Waals surface area contributed by atoms with E-state index < -0.39 is 5.97 Å². The maximum Gasteiger partial charge on any atom is 0.306 e. The first-order chi connectivity index (χ1) is 12.1. The molecule has 3 nitrogen and oxygen atoms in total. The van der Waals surface area contributed by atoms with Gasteiger partial charge in [-0.2, -0.15) is 0 Å². The average molecular weight is 359 g/mol. The summed E-state index contributed by atoms with van der Waals surface area (Å²) in [5, 5.41) is 9.22. The molecule has 2 aromatic carbocycles. The first-order valence-electron chi connectivity index (χ1n) is 8.44. The predicted octanol–water partition coefficient (Wildman–Crippen LogP) is 4.43. The number of halogens is 1. The van der Waals surface area contributed by atoms with E-state index >= 15 is 0 Å². The smallest absolute Gasteiger partial charge is 0.306 e. The molecule has 0 aliphatic carbocycles. The fraction of sp³-hybridized carbons (Fsp3) is 0.350. The lowest BCUT2D eigenvalue weighted by molar-refractivity contribution is -0.143. The summed E-state index contributed by atoms with van der Waals surface area (Å²) >= 11 is 1.69. The molecule has 1 heterocycles. The molecular weight excluding hydrogens is 337 g/mol. The molecule has 1 saturated heterocycles. The van der Waals surface area contributed by atoms with E-state index in [0.717, 1.165) is 11.1 Å². The van der Waals surface area contributed by atoms with Crippen molar-refractivity contribution in [3.63, 3.8) is 0 Å². The van der Waals surface area contributed by atoms with Crippen LogP contribution < -0.4 is 0 Å². The van der Waals surface area contributed by atoms with E-state index in [9.17, 15) is 14.3 Å². The molecule has 5 heteroatoms. The molecule has 25 heavy (non-hydrogen) atoms. The Morgan fingerprint density at radius 1 is 1.16 bits per heavy atom. The zero-order valence-electron chi connectivity index (χ0n) is 14.2. The van der Waals surface area contributed by atoms with Crippen molar-refractivity contribution in [1.29, 1.82) is 0 Å². The van der Waals surface area contributed by atoms with Crippen LogP contribution in [0, 0.1) is 11.7 Å². The van der Waals surface area contributed by atoms with Gasteiger partial charge in [-0.1, -0.05) is 24.3 Å². The van der Waals surface area contributed by atoms with Gasteiger partial charge in [0.1, 0.15) is 5.82 Å². The number of carbonyl (C=O) groups is 1. The maximum absolute atomic E-state index is 13.8. The summed E-state index contributed by atoms with van der Waals surface area (Å²) in [6, 6.07) is 15.0. The lowest BCUT2D eigenvalue weighted by atomic mass is 9.91. The summed E-state index contributed by atoms with van der Waals surface area (Å²) in [6.07, 6.45) is 3.30. The fourth-order valence-corrected chi connectivity index (χ4v) is 3.89. The van der Waals surface area contributed by atoms with E-state index in [-0.39, 0.29) is 17.8 Å². The third kappa shape index (κ3) is 4.22. The molecular formula is C20H22FNO2S. The number of benzene rings is 2. The van der Waals surface area contributed by atoms with Crippen molar-refractivity contribution in [1.82, 2.24) is 4.90 Å². The van der Waals surface area contributed by atoms with Crippen LogP contribution in [0.4, 0.5) is 4.39 Å². The number of piperidine rings is 1. The number of rotatable bonds is 5. The van der Waals surface area contributed by atoms with Gasteiger partial charge in [-0.25, -0.2) is 4.39 Å². The van der Waals surface area contributed by atoms with Gasteiger partial charge in [-0.15, -0.1) is 11.8 Å². The number of hydrogen-bond acceptors (Lipinski definition) is 3. The molecule has 1 fully saturated rings. The van der Waals surface area contributed by atoms with Crippen LogP contribution in [0.2, 0.25) is 0 Å². The number of hydrogen-bond donors (Lipinski definition) is 1. The van der Waals surface area contributed by atoms with E-state index in [4.69, 9.17) is 0 Å². The van der Waals surface area contributed by atoms with Crippen LogP contribution in [0.25, 0.3) is 0 Å². The Morgan fingerprint density at radius 2 is 1.84 bits per heavy atom. The van der Waals surface area contributed by atoms with E-state index in [2.05, 4.69) is 29.2 Å². The van der Waals surface area contributed by atoms with Crippen molar-refractivity contribution in [2.24, 2.45) is 5.92 Å². The molecule has 0 aromatic heterocycles. The number of carboxylic acid groups (broad SMARTS) is 1.